The Hall–Kier alpha value is -3.38. The third-order valence-electron chi connectivity index (χ3n) is 3.87. The maximum Gasteiger partial charge on any atom is 0.256 e. The van der Waals surface area contributed by atoms with Gasteiger partial charge >= 0.3 is 0 Å². The van der Waals surface area contributed by atoms with E-state index in [0.717, 1.165) is 0 Å². The fourth-order valence-electron chi connectivity index (χ4n) is 2.61. The number of pyridine rings is 1. The van der Waals surface area contributed by atoms with Crippen LogP contribution in [0.5, 0.6) is 5.75 Å². The number of carbonyl (C=O) groups excluding carboxylic acids is 1. The van der Waals surface area contributed by atoms with E-state index in [-0.39, 0.29) is 35.9 Å². The first kappa shape index (κ1) is 17.4. The van der Waals surface area contributed by atoms with Crippen molar-refractivity contribution in [1.82, 2.24) is 4.57 Å². The molecule has 6 heteroatoms. The number of hydrogen-bond acceptors (Lipinski definition) is 5. The Morgan fingerprint density at radius 1 is 1.00 bits per heavy atom. The van der Waals surface area contributed by atoms with Gasteiger partial charge in [-0.2, -0.15) is 0 Å². The molecule has 1 aromatic heterocycles. The highest BCUT2D eigenvalue weighted by Crippen LogP contribution is 2.20. The topological polar surface area (TPSA) is 94.6 Å². The zero-order valence-electron chi connectivity index (χ0n) is 14.0. The third kappa shape index (κ3) is 3.50. The number of aliphatic hydroxyl groups excluding tert-OH is 1. The van der Waals surface area contributed by atoms with Gasteiger partial charge in [-0.05, 0) is 30.3 Å². The molecule has 3 rings (SSSR count). The molecule has 132 valence electrons. The summed E-state index contributed by atoms with van der Waals surface area (Å²) in [5, 5.41) is 8.79. The van der Waals surface area contributed by atoms with E-state index in [4.69, 9.17) is 15.6 Å². The number of nitrogen functional groups attached to an aromatic ring is 1. The average molecular weight is 350 g/mol. The number of ketones is 1. The fraction of sp³-hybridized carbons (Fsp3) is 0.100. The van der Waals surface area contributed by atoms with Gasteiger partial charge in [-0.1, -0.05) is 30.3 Å². The van der Waals surface area contributed by atoms with E-state index in [9.17, 15) is 9.59 Å². The molecule has 0 atom stereocenters. The van der Waals surface area contributed by atoms with Crippen molar-refractivity contribution in [3.8, 4) is 11.4 Å². The largest absolute Gasteiger partial charge is 0.491 e. The van der Waals surface area contributed by atoms with E-state index < -0.39 is 0 Å². The molecule has 26 heavy (non-hydrogen) atoms. The molecule has 0 spiro atoms. The van der Waals surface area contributed by atoms with Gasteiger partial charge in [0.2, 0.25) is 0 Å². The van der Waals surface area contributed by atoms with Gasteiger partial charge in [0.25, 0.3) is 5.56 Å². The van der Waals surface area contributed by atoms with Crippen LogP contribution in [0.3, 0.4) is 0 Å². The monoisotopic (exact) mass is 350 g/mol. The van der Waals surface area contributed by atoms with Crippen LogP contribution in [0.15, 0.2) is 71.5 Å². The summed E-state index contributed by atoms with van der Waals surface area (Å²) in [5.41, 5.74) is 7.09. The zero-order chi connectivity index (χ0) is 18.5. The first-order valence-electron chi connectivity index (χ1n) is 8.07. The Bertz CT molecular complexity index is 963. The highest BCUT2D eigenvalue weighted by atomic mass is 16.5. The van der Waals surface area contributed by atoms with Crippen LogP contribution in [0.4, 0.5) is 5.82 Å². The van der Waals surface area contributed by atoms with E-state index in [1.54, 1.807) is 48.5 Å². The highest BCUT2D eigenvalue weighted by Gasteiger charge is 2.16. The summed E-state index contributed by atoms with van der Waals surface area (Å²) < 4.78 is 6.59. The number of hydrogen-bond donors (Lipinski definition) is 2. The van der Waals surface area contributed by atoms with Crippen molar-refractivity contribution >= 4 is 11.6 Å². The van der Waals surface area contributed by atoms with Crippen LogP contribution >= 0.6 is 0 Å². The Morgan fingerprint density at radius 3 is 2.35 bits per heavy atom. The van der Waals surface area contributed by atoms with Gasteiger partial charge in [0.1, 0.15) is 18.2 Å². The number of ether oxygens (including phenoxy) is 1. The van der Waals surface area contributed by atoms with E-state index in [1.807, 2.05) is 6.07 Å². The number of aliphatic hydroxyl groups is 1. The van der Waals surface area contributed by atoms with Crippen molar-refractivity contribution in [1.29, 1.82) is 0 Å². The molecule has 0 aliphatic carbocycles. The van der Waals surface area contributed by atoms with Crippen molar-refractivity contribution in [3.63, 3.8) is 0 Å². The van der Waals surface area contributed by atoms with Crippen molar-refractivity contribution in [2.24, 2.45) is 0 Å². The lowest BCUT2D eigenvalue weighted by Gasteiger charge is -2.13. The van der Waals surface area contributed by atoms with E-state index >= 15 is 0 Å². The van der Waals surface area contributed by atoms with Crippen molar-refractivity contribution < 1.29 is 14.6 Å². The summed E-state index contributed by atoms with van der Waals surface area (Å²) in [4.78, 5) is 25.0. The molecule has 6 nitrogen and oxygen atoms in total. The Labute approximate surface area is 150 Å². The molecular weight excluding hydrogens is 332 g/mol. The molecule has 0 bridgehead atoms. The van der Waals surface area contributed by atoms with Gasteiger partial charge in [0.05, 0.1) is 17.9 Å². The summed E-state index contributed by atoms with van der Waals surface area (Å²) in [6.07, 6.45) is 0. The highest BCUT2D eigenvalue weighted by molar-refractivity contribution is 6.11. The van der Waals surface area contributed by atoms with Gasteiger partial charge < -0.3 is 15.6 Å². The third-order valence-corrected chi connectivity index (χ3v) is 3.87. The summed E-state index contributed by atoms with van der Waals surface area (Å²) in [6, 6.07) is 18.2. The molecule has 0 saturated carbocycles. The van der Waals surface area contributed by atoms with Gasteiger partial charge in [-0.15, -0.1) is 0 Å². The molecule has 0 saturated heterocycles. The van der Waals surface area contributed by atoms with Gasteiger partial charge in [-0.3, -0.25) is 14.2 Å². The maximum absolute atomic E-state index is 12.7. The molecular formula is C20H18N2O4. The predicted octanol–water partition coefficient (Wildman–Crippen LogP) is 2.02. The second-order valence-corrected chi connectivity index (χ2v) is 5.57. The van der Waals surface area contributed by atoms with E-state index in [2.05, 4.69) is 0 Å². The molecule has 3 aromatic rings. The lowest BCUT2D eigenvalue weighted by molar-refractivity contribution is 0.103. The molecule has 1 heterocycles. The smallest absolute Gasteiger partial charge is 0.256 e. The summed E-state index contributed by atoms with van der Waals surface area (Å²) in [5.74, 6) is 0.390. The van der Waals surface area contributed by atoms with Crippen LogP contribution in [0.1, 0.15) is 15.9 Å². The number of benzene rings is 2. The minimum absolute atomic E-state index is 0.0791. The number of nitrogens with zero attached hydrogens (tertiary/aromatic N) is 1. The Morgan fingerprint density at radius 2 is 1.69 bits per heavy atom. The van der Waals surface area contributed by atoms with Gasteiger partial charge in [0, 0.05) is 11.6 Å². The standard InChI is InChI=1S/C20H18N2O4/c21-20-17(19(25)14-4-2-1-3-5-14)10-11-18(24)22(20)15-6-8-16(9-7-15)26-13-12-23/h1-11,23H,12-13,21H2. The Balaban J connectivity index is 2.00. The quantitative estimate of drug-likeness (QED) is 0.663. The average Bonchev–Trinajstić information content (AvgIpc) is 2.68. The first-order chi connectivity index (χ1) is 12.6. The summed E-state index contributed by atoms with van der Waals surface area (Å²) in [7, 11) is 0. The van der Waals surface area contributed by atoms with Crippen LogP contribution in [0.2, 0.25) is 0 Å². The van der Waals surface area contributed by atoms with Crippen molar-refractivity contribution in [2.75, 3.05) is 18.9 Å². The van der Waals surface area contributed by atoms with Crippen LogP contribution < -0.4 is 16.0 Å². The molecule has 2 aromatic carbocycles. The second kappa shape index (κ2) is 7.67. The molecule has 0 aliphatic rings. The normalized spacial score (nSPS) is 10.5. The van der Waals surface area contributed by atoms with Crippen molar-refractivity contribution in [3.05, 3.63) is 88.2 Å². The SMILES string of the molecule is Nc1c(C(=O)c2ccccc2)ccc(=O)n1-c1ccc(OCCO)cc1. The summed E-state index contributed by atoms with van der Waals surface area (Å²) in [6.45, 7) is 0.0975. The number of aromatic nitrogens is 1. The lowest BCUT2D eigenvalue weighted by Crippen LogP contribution is -2.23. The maximum atomic E-state index is 12.7. The fourth-order valence-corrected chi connectivity index (χ4v) is 2.61. The molecule has 0 amide bonds. The van der Waals surface area contributed by atoms with Crippen LogP contribution in [0.25, 0.3) is 5.69 Å². The molecule has 0 unspecified atom stereocenters. The van der Waals surface area contributed by atoms with Crippen LogP contribution in [-0.4, -0.2) is 28.7 Å². The van der Waals surface area contributed by atoms with Gasteiger partial charge in [-0.25, -0.2) is 0 Å². The van der Waals surface area contributed by atoms with E-state index in [1.165, 1.54) is 16.7 Å². The van der Waals surface area contributed by atoms with Crippen LogP contribution in [-0.2, 0) is 0 Å². The van der Waals surface area contributed by atoms with E-state index in [0.29, 0.717) is 17.0 Å². The Kier molecular flexibility index (Phi) is 5.15. The summed E-state index contributed by atoms with van der Waals surface area (Å²) >= 11 is 0. The first-order valence-corrected chi connectivity index (χ1v) is 8.07. The minimum atomic E-state index is -0.337. The zero-order valence-corrected chi connectivity index (χ0v) is 14.0. The number of carbonyl (C=O) groups is 1. The molecule has 0 fully saturated rings. The lowest BCUT2D eigenvalue weighted by atomic mass is 10.0. The molecule has 0 radical (unpaired) electrons. The van der Waals surface area contributed by atoms with Crippen LogP contribution in [0, 0.1) is 0 Å². The predicted molar refractivity (Wildman–Crippen MR) is 98.9 cm³/mol. The van der Waals surface area contributed by atoms with Crippen molar-refractivity contribution in [2.45, 2.75) is 0 Å². The second-order valence-electron chi connectivity index (χ2n) is 5.57. The number of rotatable bonds is 6. The molecule has 3 N–H and O–H groups in total. The minimum Gasteiger partial charge on any atom is -0.491 e. The number of nitrogens with two attached hydrogens (primary N) is 1. The number of anilines is 1. The van der Waals surface area contributed by atoms with Gasteiger partial charge in [0.15, 0.2) is 5.78 Å². The molecule has 0 aliphatic heterocycles.